The zero-order chi connectivity index (χ0) is 16.0. The first-order valence-electron chi connectivity index (χ1n) is 7.97. The molecule has 0 aliphatic heterocycles. The lowest BCUT2D eigenvalue weighted by Gasteiger charge is -2.18. The lowest BCUT2D eigenvalue weighted by atomic mass is 9.89. The summed E-state index contributed by atoms with van der Waals surface area (Å²) in [4.78, 5) is 17.1. The third-order valence-electron chi connectivity index (χ3n) is 3.77. The predicted octanol–water partition coefficient (Wildman–Crippen LogP) is 4.73. The summed E-state index contributed by atoms with van der Waals surface area (Å²) >= 11 is 0. The smallest absolute Gasteiger partial charge is 0.317 e. The Bertz CT molecular complexity index is 553. The van der Waals surface area contributed by atoms with Gasteiger partial charge in [0.15, 0.2) is 0 Å². The van der Waals surface area contributed by atoms with Gasteiger partial charge in [0.1, 0.15) is 0 Å². The molecule has 22 heavy (non-hydrogen) atoms. The van der Waals surface area contributed by atoms with Crippen molar-refractivity contribution in [3.8, 4) is 0 Å². The highest BCUT2D eigenvalue weighted by atomic mass is 16.7. The van der Waals surface area contributed by atoms with E-state index in [0.29, 0.717) is 5.92 Å². The Hall–Kier alpha value is -1.90. The van der Waals surface area contributed by atoms with Gasteiger partial charge in [0.25, 0.3) is 0 Å². The van der Waals surface area contributed by atoms with E-state index in [9.17, 15) is 4.79 Å². The first-order valence-corrected chi connectivity index (χ1v) is 7.97. The molecule has 1 unspecified atom stereocenters. The molecule has 1 aliphatic carbocycles. The molecule has 0 heterocycles. The van der Waals surface area contributed by atoms with Crippen LogP contribution in [0.3, 0.4) is 0 Å². The van der Waals surface area contributed by atoms with Crippen molar-refractivity contribution in [2.45, 2.75) is 46.5 Å². The summed E-state index contributed by atoms with van der Waals surface area (Å²) in [7, 11) is 0. The molecule has 0 N–H and O–H groups in total. The predicted molar refractivity (Wildman–Crippen MR) is 89.6 cm³/mol. The first-order chi connectivity index (χ1) is 10.5. The van der Waals surface area contributed by atoms with Crippen molar-refractivity contribution in [1.29, 1.82) is 0 Å². The molecule has 2 rings (SSSR count). The summed E-state index contributed by atoms with van der Waals surface area (Å²) in [6.07, 6.45) is 8.83. The van der Waals surface area contributed by atoms with Crippen molar-refractivity contribution in [1.82, 2.24) is 0 Å². The van der Waals surface area contributed by atoms with Crippen molar-refractivity contribution < 1.29 is 9.63 Å². The molecule has 3 nitrogen and oxygen atoms in total. The zero-order valence-electron chi connectivity index (χ0n) is 13.7. The molecule has 3 heteroatoms. The van der Waals surface area contributed by atoms with Crippen molar-refractivity contribution in [2.75, 3.05) is 0 Å². The molecule has 0 aromatic heterocycles. The van der Waals surface area contributed by atoms with Crippen molar-refractivity contribution >= 4 is 11.7 Å². The van der Waals surface area contributed by atoms with Crippen molar-refractivity contribution in [2.24, 2.45) is 16.5 Å². The van der Waals surface area contributed by atoms with E-state index in [4.69, 9.17) is 4.84 Å². The van der Waals surface area contributed by atoms with Gasteiger partial charge in [-0.2, -0.15) is 0 Å². The number of allylic oxidation sites excluding steroid dienone is 2. The van der Waals surface area contributed by atoms with Crippen LogP contribution in [0, 0.1) is 11.3 Å². The zero-order valence-corrected chi connectivity index (χ0v) is 13.7. The normalized spacial score (nSPS) is 19.0. The number of carbonyl (C=O) groups is 1. The molecular formula is C19H25NO2. The van der Waals surface area contributed by atoms with Gasteiger partial charge >= 0.3 is 5.97 Å². The van der Waals surface area contributed by atoms with Crippen LogP contribution in [0.2, 0.25) is 0 Å². The van der Waals surface area contributed by atoms with Gasteiger partial charge < -0.3 is 4.84 Å². The van der Waals surface area contributed by atoms with Crippen molar-refractivity contribution in [3.63, 3.8) is 0 Å². The summed E-state index contributed by atoms with van der Waals surface area (Å²) in [5.74, 6) is 0.168. The Morgan fingerprint density at radius 2 is 2.00 bits per heavy atom. The number of hydrogen-bond acceptors (Lipinski definition) is 3. The second kappa shape index (κ2) is 7.39. The Morgan fingerprint density at radius 3 is 2.59 bits per heavy atom. The van der Waals surface area contributed by atoms with E-state index in [1.54, 1.807) is 0 Å². The van der Waals surface area contributed by atoms with Crippen LogP contribution in [-0.4, -0.2) is 11.7 Å². The third-order valence-corrected chi connectivity index (χ3v) is 3.77. The average Bonchev–Trinajstić information content (AvgIpc) is 2.52. The SMILES string of the molecule is CC(C)(C)C(=O)ON=C(CC1C=CCCC1)c1ccccc1. The van der Waals surface area contributed by atoms with Crippen LogP contribution < -0.4 is 0 Å². The van der Waals surface area contributed by atoms with Crippen LogP contribution in [0.1, 0.15) is 52.0 Å². The highest BCUT2D eigenvalue weighted by Crippen LogP contribution is 2.23. The van der Waals surface area contributed by atoms with Crippen LogP contribution >= 0.6 is 0 Å². The fourth-order valence-electron chi connectivity index (χ4n) is 2.37. The van der Waals surface area contributed by atoms with E-state index >= 15 is 0 Å². The number of hydrogen-bond donors (Lipinski definition) is 0. The molecule has 118 valence electrons. The van der Waals surface area contributed by atoms with Crippen LogP contribution in [-0.2, 0) is 9.63 Å². The topological polar surface area (TPSA) is 38.7 Å². The van der Waals surface area contributed by atoms with Gasteiger partial charge in [-0.3, -0.25) is 0 Å². The van der Waals surface area contributed by atoms with Gasteiger partial charge in [-0.05, 0) is 57.9 Å². The van der Waals surface area contributed by atoms with E-state index in [1.165, 1.54) is 6.42 Å². The Kier molecular flexibility index (Phi) is 5.53. The first kappa shape index (κ1) is 16.5. The maximum absolute atomic E-state index is 11.9. The summed E-state index contributed by atoms with van der Waals surface area (Å²) in [5.41, 5.74) is 1.31. The van der Waals surface area contributed by atoms with E-state index in [1.807, 2.05) is 51.1 Å². The molecule has 0 bridgehead atoms. The quantitative estimate of drug-likeness (QED) is 0.349. The van der Waals surface area contributed by atoms with Crippen LogP contribution in [0.4, 0.5) is 0 Å². The molecule has 0 spiro atoms. The molecule has 1 aromatic carbocycles. The number of nitrogens with zero attached hydrogens (tertiary/aromatic N) is 1. The lowest BCUT2D eigenvalue weighted by Crippen LogP contribution is -2.22. The van der Waals surface area contributed by atoms with Gasteiger partial charge in [-0.25, -0.2) is 4.79 Å². The van der Waals surface area contributed by atoms with E-state index in [0.717, 1.165) is 30.5 Å². The molecule has 0 fully saturated rings. The van der Waals surface area contributed by atoms with E-state index < -0.39 is 5.41 Å². The molecule has 0 saturated carbocycles. The van der Waals surface area contributed by atoms with Crippen molar-refractivity contribution in [3.05, 3.63) is 48.0 Å². The average molecular weight is 299 g/mol. The molecule has 1 aliphatic rings. The molecule has 0 amide bonds. The third kappa shape index (κ3) is 4.83. The fraction of sp³-hybridized carbons (Fsp3) is 0.474. The Morgan fingerprint density at radius 1 is 1.27 bits per heavy atom. The standard InChI is InChI=1S/C19H25NO2/c1-19(2,3)18(21)22-20-17(16-12-8-5-9-13-16)14-15-10-6-4-7-11-15/h5-6,8-10,12-13,15H,4,7,11,14H2,1-3H3. The van der Waals surface area contributed by atoms with Crippen LogP contribution in [0.25, 0.3) is 0 Å². The molecule has 1 aromatic rings. The number of benzene rings is 1. The van der Waals surface area contributed by atoms with E-state index in [-0.39, 0.29) is 5.97 Å². The van der Waals surface area contributed by atoms with Gasteiger partial charge in [0.05, 0.1) is 11.1 Å². The highest BCUT2D eigenvalue weighted by molar-refractivity contribution is 6.00. The minimum absolute atomic E-state index is 0.305. The van der Waals surface area contributed by atoms with Crippen LogP contribution in [0.5, 0.6) is 0 Å². The number of rotatable bonds is 4. The minimum atomic E-state index is -0.546. The molecule has 0 saturated heterocycles. The van der Waals surface area contributed by atoms with Crippen LogP contribution in [0.15, 0.2) is 47.6 Å². The van der Waals surface area contributed by atoms with Gasteiger partial charge in [-0.1, -0.05) is 47.6 Å². The Labute approximate surface area is 133 Å². The largest absolute Gasteiger partial charge is 0.340 e. The second-order valence-corrected chi connectivity index (χ2v) is 6.86. The Balaban J connectivity index is 2.16. The second-order valence-electron chi connectivity index (χ2n) is 6.86. The highest BCUT2D eigenvalue weighted by Gasteiger charge is 2.24. The number of oxime groups is 1. The van der Waals surface area contributed by atoms with Gasteiger partial charge in [-0.15, -0.1) is 0 Å². The fourth-order valence-corrected chi connectivity index (χ4v) is 2.37. The maximum atomic E-state index is 11.9. The summed E-state index contributed by atoms with van der Waals surface area (Å²) < 4.78 is 0. The summed E-state index contributed by atoms with van der Waals surface area (Å²) in [6, 6.07) is 9.95. The van der Waals surface area contributed by atoms with Gasteiger partial charge in [0.2, 0.25) is 0 Å². The summed E-state index contributed by atoms with van der Waals surface area (Å²) in [5, 5.41) is 4.19. The molecule has 0 radical (unpaired) electrons. The monoisotopic (exact) mass is 299 g/mol. The van der Waals surface area contributed by atoms with E-state index in [2.05, 4.69) is 17.3 Å². The molecular weight excluding hydrogens is 274 g/mol. The van der Waals surface area contributed by atoms with Gasteiger partial charge in [0, 0.05) is 0 Å². The molecule has 1 atom stereocenters. The maximum Gasteiger partial charge on any atom is 0.340 e. The minimum Gasteiger partial charge on any atom is -0.317 e. The lowest BCUT2D eigenvalue weighted by molar-refractivity contribution is -0.152. The summed E-state index contributed by atoms with van der Waals surface area (Å²) in [6.45, 7) is 5.49. The number of carbonyl (C=O) groups excluding carboxylic acids is 1.